The Morgan fingerprint density at radius 2 is 2.54 bits per heavy atom. The van der Waals surface area contributed by atoms with Crippen molar-refractivity contribution in [1.82, 2.24) is 10.3 Å². The van der Waals surface area contributed by atoms with Gasteiger partial charge < -0.3 is 10.2 Å². The normalized spacial score (nSPS) is 23.2. The Morgan fingerprint density at radius 1 is 1.62 bits per heavy atom. The zero-order valence-electron chi connectivity index (χ0n) is 7.90. The van der Waals surface area contributed by atoms with Gasteiger partial charge in [0, 0.05) is 31.9 Å². The van der Waals surface area contributed by atoms with E-state index in [1.807, 2.05) is 18.5 Å². The Labute approximate surface area is 78.8 Å². The number of nitrogens with zero attached hydrogens (tertiary/aromatic N) is 2. The molecule has 1 aromatic heterocycles. The van der Waals surface area contributed by atoms with E-state index < -0.39 is 0 Å². The topological polar surface area (TPSA) is 28.2 Å². The Kier molecular flexibility index (Phi) is 2.45. The first-order chi connectivity index (χ1) is 6.38. The van der Waals surface area contributed by atoms with Gasteiger partial charge in [0.05, 0.1) is 11.9 Å². The number of piperazine rings is 1. The third kappa shape index (κ3) is 1.80. The van der Waals surface area contributed by atoms with Crippen LogP contribution in [0.25, 0.3) is 0 Å². The Balaban J connectivity index is 2.15. The predicted octanol–water partition coefficient (Wildman–Crippen LogP) is 0.880. The summed E-state index contributed by atoms with van der Waals surface area (Å²) in [5.41, 5.74) is 1.23. The minimum atomic E-state index is 0.568. The molecule has 1 atom stereocenters. The predicted molar refractivity (Wildman–Crippen MR) is 53.9 cm³/mol. The molecule has 0 bridgehead atoms. The zero-order chi connectivity index (χ0) is 9.10. The minimum absolute atomic E-state index is 0.568. The van der Waals surface area contributed by atoms with Crippen LogP contribution in [0, 0.1) is 0 Å². The molecule has 3 nitrogen and oxygen atoms in total. The van der Waals surface area contributed by atoms with E-state index in [1.54, 1.807) is 0 Å². The van der Waals surface area contributed by atoms with Crippen molar-refractivity contribution < 1.29 is 0 Å². The zero-order valence-corrected chi connectivity index (χ0v) is 7.90. The van der Waals surface area contributed by atoms with E-state index >= 15 is 0 Å². The Morgan fingerprint density at radius 3 is 3.23 bits per heavy atom. The van der Waals surface area contributed by atoms with Crippen molar-refractivity contribution in [2.45, 2.75) is 13.0 Å². The van der Waals surface area contributed by atoms with Gasteiger partial charge in [-0.1, -0.05) is 0 Å². The molecule has 0 saturated carbocycles. The second-order valence-electron chi connectivity index (χ2n) is 3.46. The number of rotatable bonds is 1. The molecule has 0 aromatic carbocycles. The second kappa shape index (κ2) is 3.75. The van der Waals surface area contributed by atoms with Gasteiger partial charge in [0.25, 0.3) is 0 Å². The van der Waals surface area contributed by atoms with E-state index in [2.05, 4.69) is 28.2 Å². The number of aromatic nitrogens is 1. The molecule has 0 radical (unpaired) electrons. The molecule has 1 N–H and O–H groups in total. The van der Waals surface area contributed by atoms with E-state index in [9.17, 15) is 0 Å². The fourth-order valence-corrected chi connectivity index (χ4v) is 1.75. The molecular formula is C10H15N3. The van der Waals surface area contributed by atoms with E-state index in [0.29, 0.717) is 6.04 Å². The quantitative estimate of drug-likeness (QED) is 0.690. The van der Waals surface area contributed by atoms with Crippen LogP contribution in [0.1, 0.15) is 6.92 Å². The van der Waals surface area contributed by atoms with Crippen LogP contribution in [-0.4, -0.2) is 30.7 Å². The highest BCUT2D eigenvalue weighted by atomic mass is 15.2. The maximum absolute atomic E-state index is 4.13. The van der Waals surface area contributed by atoms with Gasteiger partial charge in [-0.25, -0.2) is 0 Å². The Hall–Kier alpha value is -1.09. The molecule has 3 heteroatoms. The van der Waals surface area contributed by atoms with Crippen molar-refractivity contribution in [2.24, 2.45) is 0 Å². The molecule has 0 spiro atoms. The molecule has 2 heterocycles. The number of anilines is 1. The molecule has 1 aromatic rings. The van der Waals surface area contributed by atoms with Crippen molar-refractivity contribution in [1.29, 1.82) is 0 Å². The number of pyridine rings is 1. The second-order valence-corrected chi connectivity index (χ2v) is 3.46. The highest BCUT2D eigenvalue weighted by molar-refractivity contribution is 5.45. The fourth-order valence-electron chi connectivity index (χ4n) is 1.75. The first kappa shape index (κ1) is 8.51. The summed E-state index contributed by atoms with van der Waals surface area (Å²) in [6.45, 7) is 5.44. The maximum Gasteiger partial charge on any atom is 0.0556 e. The SMILES string of the molecule is C[C@@H]1CNCCN1c1cccnc1. The van der Waals surface area contributed by atoms with Crippen LogP contribution >= 0.6 is 0 Å². The van der Waals surface area contributed by atoms with Gasteiger partial charge in [-0.05, 0) is 19.1 Å². The van der Waals surface area contributed by atoms with Crippen LogP contribution in [0.2, 0.25) is 0 Å². The molecule has 1 aliphatic heterocycles. The molecule has 0 amide bonds. The van der Waals surface area contributed by atoms with Crippen molar-refractivity contribution in [3.05, 3.63) is 24.5 Å². The highest BCUT2D eigenvalue weighted by Crippen LogP contribution is 2.15. The van der Waals surface area contributed by atoms with Crippen LogP contribution in [0.15, 0.2) is 24.5 Å². The molecule has 0 aliphatic carbocycles. The summed E-state index contributed by atoms with van der Waals surface area (Å²) in [5.74, 6) is 0. The van der Waals surface area contributed by atoms with Gasteiger partial charge >= 0.3 is 0 Å². The lowest BCUT2D eigenvalue weighted by Crippen LogP contribution is -2.49. The van der Waals surface area contributed by atoms with Crippen molar-refractivity contribution in [3.63, 3.8) is 0 Å². The van der Waals surface area contributed by atoms with Crippen LogP contribution in [0.4, 0.5) is 5.69 Å². The molecular weight excluding hydrogens is 162 g/mol. The lowest BCUT2D eigenvalue weighted by Gasteiger charge is -2.35. The van der Waals surface area contributed by atoms with E-state index in [4.69, 9.17) is 0 Å². The van der Waals surface area contributed by atoms with E-state index in [1.165, 1.54) is 5.69 Å². The molecule has 1 fully saturated rings. The number of hydrogen-bond acceptors (Lipinski definition) is 3. The van der Waals surface area contributed by atoms with Gasteiger partial charge in [0.15, 0.2) is 0 Å². The molecule has 13 heavy (non-hydrogen) atoms. The van der Waals surface area contributed by atoms with Crippen molar-refractivity contribution >= 4 is 5.69 Å². The summed E-state index contributed by atoms with van der Waals surface area (Å²) in [6.07, 6.45) is 3.75. The summed E-state index contributed by atoms with van der Waals surface area (Å²) in [4.78, 5) is 6.52. The maximum atomic E-state index is 4.13. The highest BCUT2D eigenvalue weighted by Gasteiger charge is 2.17. The smallest absolute Gasteiger partial charge is 0.0556 e. The average Bonchev–Trinajstić information content (AvgIpc) is 2.20. The van der Waals surface area contributed by atoms with Crippen LogP contribution in [0.3, 0.4) is 0 Å². The number of hydrogen-bond donors (Lipinski definition) is 1. The summed E-state index contributed by atoms with van der Waals surface area (Å²) in [5, 5.41) is 3.37. The monoisotopic (exact) mass is 177 g/mol. The molecule has 1 saturated heterocycles. The number of nitrogens with one attached hydrogen (secondary N) is 1. The van der Waals surface area contributed by atoms with Crippen LogP contribution in [-0.2, 0) is 0 Å². The Bertz CT molecular complexity index is 260. The summed E-state index contributed by atoms with van der Waals surface area (Å²) in [7, 11) is 0. The van der Waals surface area contributed by atoms with E-state index in [-0.39, 0.29) is 0 Å². The lowest BCUT2D eigenvalue weighted by atomic mass is 10.2. The molecule has 70 valence electrons. The van der Waals surface area contributed by atoms with Crippen LogP contribution < -0.4 is 10.2 Å². The lowest BCUT2D eigenvalue weighted by molar-refractivity contribution is 0.500. The minimum Gasteiger partial charge on any atom is -0.365 e. The first-order valence-corrected chi connectivity index (χ1v) is 4.75. The van der Waals surface area contributed by atoms with Gasteiger partial charge in [-0.2, -0.15) is 0 Å². The van der Waals surface area contributed by atoms with Gasteiger partial charge in [-0.3, -0.25) is 4.98 Å². The van der Waals surface area contributed by atoms with E-state index in [0.717, 1.165) is 19.6 Å². The third-order valence-corrected chi connectivity index (χ3v) is 2.48. The van der Waals surface area contributed by atoms with Crippen molar-refractivity contribution in [3.8, 4) is 0 Å². The van der Waals surface area contributed by atoms with Gasteiger partial charge in [-0.15, -0.1) is 0 Å². The first-order valence-electron chi connectivity index (χ1n) is 4.75. The molecule has 0 unspecified atom stereocenters. The van der Waals surface area contributed by atoms with Crippen molar-refractivity contribution in [2.75, 3.05) is 24.5 Å². The summed E-state index contributed by atoms with van der Waals surface area (Å²) >= 11 is 0. The fraction of sp³-hybridized carbons (Fsp3) is 0.500. The standard InChI is InChI=1S/C10H15N3/c1-9-7-12-5-6-13(9)10-3-2-4-11-8-10/h2-4,8-9,12H,5-7H2,1H3/t9-/m1/s1. The molecule has 1 aliphatic rings. The molecule has 2 rings (SSSR count). The van der Waals surface area contributed by atoms with Gasteiger partial charge in [0.1, 0.15) is 0 Å². The summed E-state index contributed by atoms with van der Waals surface area (Å²) < 4.78 is 0. The van der Waals surface area contributed by atoms with Crippen LogP contribution in [0.5, 0.6) is 0 Å². The third-order valence-electron chi connectivity index (χ3n) is 2.48. The largest absolute Gasteiger partial charge is 0.365 e. The average molecular weight is 177 g/mol. The van der Waals surface area contributed by atoms with Gasteiger partial charge in [0.2, 0.25) is 0 Å². The summed E-state index contributed by atoms with van der Waals surface area (Å²) in [6, 6.07) is 4.68.